The number of carbonyl (C=O) groups excluding carboxylic acids is 1. The molecule has 2 N–H and O–H groups in total. The molecule has 0 bridgehead atoms. The predicted octanol–water partition coefficient (Wildman–Crippen LogP) is 1.89. The highest BCUT2D eigenvalue weighted by Gasteiger charge is 2.31. The average Bonchev–Trinajstić information content (AvgIpc) is 3.10. The number of nitrogens with zero attached hydrogens (tertiary/aromatic N) is 2. The molecule has 7 heteroatoms. The van der Waals surface area contributed by atoms with Crippen LogP contribution in [0.1, 0.15) is 42.5 Å². The summed E-state index contributed by atoms with van der Waals surface area (Å²) in [6.45, 7) is 4.49. The number of nitrogens with one attached hydrogen (secondary N) is 1. The Bertz CT molecular complexity index is 818. The van der Waals surface area contributed by atoms with E-state index in [1.54, 1.807) is 0 Å². The highest BCUT2D eigenvalue weighted by molar-refractivity contribution is 7.18. The number of carbonyl (C=O) groups is 1. The van der Waals surface area contributed by atoms with E-state index in [-0.39, 0.29) is 17.9 Å². The molecule has 1 saturated carbocycles. The van der Waals surface area contributed by atoms with Gasteiger partial charge in [-0.15, -0.1) is 11.3 Å². The minimum atomic E-state index is -0.752. The van der Waals surface area contributed by atoms with Gasteiger partial charge >= 0.3 is 0 Å². The van der Waals surface area contributed by atoms with Crippen LogP contribution in [-0.4, -0.2) is 32.7 Å². The van der Waals surface area contributed by atoms with Gasteiger partial charge in [0.1, 0.15) is 4.83 Å². The van der Waals surface area contributed by atoms with Crippen molar-refractivity contribution in [2.45, 2.75) is 58.1 Å². The quantitative estimate of drug-likeness (QED) is 0.863. The first-order valence-corrected chi connectivity index (χ1v) is 9.15. The van der Waals surface area contributed by atoms with E-state index in [9.17, 15) is 14.7 Å². The molecule has 1 amide bonds. The summed E-state index contributed by atoms with van der Waals surface area (Å²) >= 11 is 1.52. The van der Waals surface area contributed by atoms with Gasteiger partial charge in [-0.1, -0.05) is 12.8 Å². The van der Waals surface area contributed by atoms with Crippen LogP contribution in [0.25, 0.3) is 10.2 Å². The van der Waals surface area contributed by atoms with Crippen LogP contribution in [0.15, 0.2) is 11.1 Å². The van der Waals surface area contributed by atoms with Crippen LogP contribution in [0.2, 0.25) is 0 Å². The van der Waals surface area contributed by atoms with Crippen molar-refractivity contribution >= 4 is 27.5 Å². The lowest BCUT2D eigenvalue weighted by Crippen LogP contribution is -2.41. The third kappa shape index (κ3) is 3.37. The molecule has 130 valence electrons. The van der Waals surface area contributed by atoms with Crippen molar-refractivity contribution in [3.05, 3.63) is 27.1 Å². The Morgan fingerprint density at radius 2 is 2.12 bits per heavy atom. The molecule has 0 radical (unpaired) electrons. The molecule has 1 aliphatic rings. The second-order valence-corrected chi connectivity index (χ2v) is 7.87. The molecule has 0 unspecified atom stereocenters. The maximum atomic E-state index is 12.6. The minimum absolute atomic E-state index is 0.0935. The van der Waals surface area contributed by atoms with Crippen molar-refractivity contribution in [2.75, 3.05) is 6.54 Å². The SMILES string of the molecule is Cc1sc2ncn(CCC(=O)NCC3(O)CCCC3)c(=O)c2c1C. The maximum absolute atomic E-state index is 12.6. The number of rotatable bonds is 5. The van der Waals surface area contributed by atoms with Crippen LogP contribution in [0.5, 0.6) is 0 Å². The van der Waals surface area contributed by atoms with Gasteiger partial charge in [0.15, 0.2) is 0 Å². The molecule has 3 rings (SSSR count). The van der Waals surface area contributed by atoms with E-state index in [4.69, 9.17) is 0 Å². The van der Waals surface area contributed by atoms with Crippen molar-refractivity contribution < 1.29 is 9.90 Å². The second-order valence-electron chi connectivity index (χ2n) is 6.66. The molecule has 1 fully saturated rings. The summed E-state index contributed by atoms with van der Waals surface area (Å²) in [4.78, 5) is 30.7. The maximum Gasteiger partial charge on any atom is 0.262 e. The fourth-order valence-corrected chi connectivity index (χ4v) is 4.20. The molecule has 6 nitrogen and oxygen atoms in total. The fourth-order valence-electron chi connectivity index (χ4n) is 3.21. The van der Waals surface area contributed by atoms with Crippen LogP contribution in [-0.2, 0) is 11.3 Å². The molecule has 2 aromatic rings. The zero-order valence-corrected chi connectivity index (χ0v) is 14.9. The number of aliphatic hydroxyl groups is 1. The van der Waals surface area contributed by atoms with Gasteiger partial charge in [0, 0.05) is 24.4 Å². The molecule has 0 aromatic carbocycles. The third-order valence-corrected chi connectivity index (χ3v) is 6.00. The largest absolute Gasteiger partial charge is 0.388 e. The van der Waals surface area contributed by atoms with Crippen molar-refractivity contribution in [3.8, 4) is 0 Å². The van der Waals surface area contributed by atoms with Gasteiger partial charge in [0.05, 0.1) is 17.3 Å². The molecule has 0 saturated heterocycles. The summed E-state index contributed by atoms with van der Waals surface area (Å²) in [5.41, 5.74) is 0.122. The van der Waals surface area contributed by atoms with Crippen molar-refractivity contribution in [1.29, 1.82) is 0 Å². The molecule has 2 heterocycles. The Kier molecular flexibility index (Phi) is 4.73. The molecule has 0 atom stereocenters. The molecule has 1 aliphatic carbocycles. The minimum Gasteiger partial charge on any atom is -0.388 e. The lowest BCUT2D eigenvalue weighted by molar-refractivity contribution is -0.122. The summed E-state index contributed by atoms with van der Waals surface area (Å²) in [6.07, 6.45) is 5.21. The lowest BCUT2D eigenvalue weighted by Gasteiger charge is -2.22. The van der Waals surface area contributed by atoms with Crippen LogP contribution < -0.4 is 10.9 Å². The Labute approximate surface area is 144 Å². The Morgan fingerprint density at radius 3 is 2.83 bits per heavy atom. The highest BCUT2D eigenvalue weighted by atomic mass is 32.1. The number of aromatic nitrogens is 2. The van der Waals surface area contributed by atoms with Gasteiger partial charge in [-0.05, 0) is 32.3 Å². The smallest absolute Gasteiger partial charge is 0.262 e. The van der Waals surface area contributed by atoms with Gasteiger partial charge < -0.3 is 10.4 Å². The Balaban J connectivity index is 1.63. The lowest BCUT2D eigenvalue weighted by atomic mass is 10.0. The first-order chi connectivity index (χ1) is 11.4. The van der Waals surface area contributed by atoms with Crippen LogP contribution in [0.4, 0.5) is 0 Å². The van der Waals surface area contributed by atoms with Gasteiger partial charge in [-0.25, -0.2) is 4.98 Å². The van der Waals surface area contributed by atoms with Crippen molar-refractivity contribution in [3.63, 3.8) is 0 Å². The van der Waals surface area contributed by atoms with Gasteiger partial charge in [-0.3, -0.25) is 14.2 Å². The zero-order valence-electron chi connectivity index (χ0n) is 14.1. The van der Waals surface area contributed by atoms with Crippen molar-refractivity contribution in [1.82, 2.24) is 14.9 Å². The molecule has 24 heavy (non-hydrogen) atoms. The van der Waals surface area contributed by atoms with E-state index in [0.29, 0.717) is 18.5 Å². The summed E-state index contributed by atoms with van der Waals surface area (Å²) in [6, 6.07) is 0. The van der Waals surface area contributed by atoms with Crippen molar-refractivity contribution in [2.24, 2.45) is 0 Å². The number of thiophene rings is 1. The average molecular weight is 349 g/mol. The van der Waals surface area contributed by atoms with Crippen LogP contribution >= 0.6 is 11.3 Å². The first kappa shape index (κ1) is 17.1. The number of hydrogen-bond acceptors (Lipinski definition) is 5. The van der Waals surface area contributed by atoms with Gasteiger partial charge in [0.25, 0.3) is 5.56 Å². The first-order valence-electron chi connectivity index (χ1n) is 8.34. The number of aryl methyl sites for hydroxylation is 3. The molecular weight excluding hydrogens is 326 g/mol. The van der Waals surface area contributed by atoms with E-state index in [1.165, 1.54) is 22.2 Å². The Morgan fingerprint density at radius 1 is 1.42 bits per heavy atom. The summed E-state index contributed by atoms with van der Waals surface area (Å²) in [5, 5.41) is 13.7. The van der Waals surface area contributed by atoms with E-state index < -0.39 is 5.60 Å². The fraction of sp³-hybridized carbons (Fsp3) is 0.588. The molecule has 0 aliphatic heterocycles. The summed E-state index contributed by atoms with van der Waals surface area (Å²) in [7, 11) is 0. The zero-order chi connectivity index (χ0) is 17.3. The number of amides is 1. The molecule has 0 spiro atoms. The van der Waals surface area contributed by atoms with Gasteiger partial charge in [-0.2, -0.15) is 0 Å². The second kappa shape index (κ2) is 6.64. The topological polar surface area (TPSA) is 84.2 Å². The Hall–Kier alpha value is -1.73. The summed E-state index contributed by atoms with van der Waals surface area (Å²) < 4.78 is 1.49. The predicted molar refractivity (Wildman–Crippen MR) is 94.4 cm³/mol. The van der Waals surface area contributed by atoms with E-state index in [1.807, 2.05) is 13.8 Å². The molecular formula is C17H23N3O3S. The number of fused-ring (bicyclic) bond motifs is 1. The van der Waals surface area contributed by atoms with Crippen LogP contribution in [0, 0.1) is 13.8 Å². The van der Waals surface area contributed by atoms with E-state index in [2.05, 4.69) is 10.3 Å². The highest BCUT2D eigenvalue weighted by Crippen LogP contribution is 2.28. The van der Waals surface area contributed by atoms with Gasteiger partial charge in [0.2, 0.25) is 5.91 Å². The van der Waals surface area contributed by atoms with E-state index in [0.717, 1.165) is 41.0 Å². The molecule has 2 aromatic heterocycles. The van der Waals surface area contributed by atoms with E-state index >= 15 is 0 Å². The number of hydrogen-bond donors (Lipinski definition) is 2. The monoisotopic (exact) mass is 349 g/mol. The normalized spacial score (nSPS) is 16.6. The standard InChI is InChI=1S/C17H23N3O3S/c1-11-12(2)24-15-14(11)16(22)20(10-19-15)8-5-13(21)18-9-17(23)6-3-4-7-17/h10,23H,3-9H2,1-2H3,(H,18,21). The van der Waals surface area contributed by atoms with Crippen LogP contribution in [0.3, 0.4) is 0 Å². The summed E-state index contributed by atoms with van der Waals surface area (Å²) in [5.74, 6) is -0.152. The third-order valence-electron chi connectivity index (χ3n) is 4.88.